The maximum atomic E-state index is 11.9. The molecule has 0 fully saturated rings. The Morgan fingerprint density at radius 2 is 2.22 bits per heavy atom. The fourth-order valence-electron chi connectivity index (χ4n) is 1.32. The summed E-state index contributed by atoms with van der Waals surface area (Å²) in [5, 5.41) is 0. The van der Waals surface area contributed by atoms with Crippen molar-refractivity contribution >= 4 is 44.6 Å². The summed E-state index contributed by atoms with van der Waals surface area (Å²) in [6, 6.07) is 1.34. The second kappa shape index (κ2) is 5.58. The third-order valence-corrected chi connectivity index (χ3v) is 5.34. The van der Waals surface area contributed by atoms with Crippen LogP contribution in [0.25, 0.3) is 0 Å². The Bertz CT molecular complexity index is 622. The molecule has 2 rings (SSSR count). The minimum absolute atomic E-state index is 0.0126. The van der Waals surface area contributed by atoms with Crippen LogP contribution in [0.1, 0.15) is 5.82 Å². The highest BCUT2D eigenvalue weighted by Gasteiger charge is 2.20. The van der Waals surface area contributed by atoms with E-state index in [1.54, 1.807) is 12.4 Å². The number of hydrogen-bond donors (Lipinski definition) is 2. The number of halogens is 2. The van der Waals surface area contributed by atoms with Crippen LogP contribution in [0, 0.1) is 0 Å². The number of aromatic amines is 1. The Hall–Kier alpha value is -0.600. The van der Waals surface area contributed by atoms with E-state index < -0.39 is 10.0 Å². The van der Waals surface area contributed by atoms with Crippen LogP contribution in [0.5, 0.6) is 0 Å². The highest BCUT2D eigenvalue weighted by molar-refractivity contribution is 7.89. The highest BCUT2D eigenvalue weighted by atomic mass is 35.5. The summed E-state index contributed by atoms with van der Waals surface area (Å²) < 4.78 is 26.8. The van der Waals surface area contributed by atoms with Gasteiger partial charge in [-0.25, -0.2) is 18.1 Å². The molecule has 0 aromatic carbocycles. The van der Waals surface area contributed by atoms with Crippen LogP contribution >= 0.6 is 34.5 Å². The molecule has 0 amide bonds. The smallest absolute Gasteiger partial charge is 0.242 e. The molecule has 0 saturated carbocycles. The van der Waals surface area contributed by atoms with E-state index in [-0.39, 0.29) is 15.8 Å². The Morgan fingerprint density at radius 1 is 1.44 bits per heavy atom. The third kappa shape index (κ3) is 3.24. The Balaban J connectivity index is 2.02. The van der Waals surface area contributed by atoms with Crippen LogP contribution in [0.4, 0.5) is 0 Å². The molecule has 0 radical (unpaired) electrons. The first kappa shape index (κ1) is 13.8. The van der Waals surface area contributed by atoms with Crippen LogP contribution in [0.2, 0.25) is 8.67 Å². The molecule has 98 valence electrons. The summed E-state index contributed by atoms with van der Waals surface area (Å²) in [7, 11) is -3.62. The Morgan fingerprint density at radius 3 is 2.78 bits per heavy atom. The van der Waals surface area contributed by atoms with Gasteiger partial charge < -0.3 is 4.98 Å². The number of hydrogen-bond acceptors (Lipinski definition) is 4. The monoisotopic (exact) mass is 325 g/mol. The van der Waals surface area contributed by atoms with Crippen LogP contribution < -0.4 is 4.72 Å². The molecule has 2 heterocycles. The average molecular weight is 326 g/mol. The van der Waals surface area contributed by atoms with Crippen LogP contribution in [-0.2, 0) is 16.4 Å². The minimum atomic E-state index is -3.62. The summed E-state index contributed by atoms with van der Waals surface area (Å²) in [6.07, 6.45) is 3.76. The number of thiophene rings is 1. The van der Waals surface area contributed by atoms with E-state index in [0.29, 0.717) is 16.6 Å². The molecule has 2 N–H and O–H groups in total. The van der Waals surface area contributed by atoms with Gasteiger partial charge in [0.1, 0.15) is 15.1 Å². The van der Waals surface area contributed by atoms with Gasteiger partial charge in [-0.1, -0.05) is 23.2 Å². The van der Waals surface area contributed by atoms with Gasteiger partial charge in [-0.15, -0.1) is 11.3 Å². The predicted octanol–water partition coefficient (Wildman–Crippen LogP) is 2.30. The van der Waals surface area contributed by atoms with Gasteiger partial charge in [-0.3, -0.25) is 0 Å². The maximum Gasteiger partial charge on any atom is 0.242 e. The molecule has 0 spiro atoms. The summed E-state index contributed by atoms with van der Waals surface area (Å²) in [5.41, 5.74) is 0. The lowest BCUT2D eigenvalue weighted by Crippen LogP contribution is -2.26. The van der Waals surface area contributed by atoms with Crippen molar-refractivity contribution in [2.75, 3.05) is 6.54 Å². The minimum Gasteiger partial charge on any atom is -0.349 e. The van der Waals surface area contributed by atoms with Crippen molar-refractivity contribution < 1.29 is 8.42 Å². The van der Waals surface area contributed by atoms with E-state index in [0.717, 1.165) is 11.3 Å². The number of rotatable bonds is 5. The van der Waals surface area contributed by atoms with Crippen molar-refractivity contribution in [3.63, 3.8) is 0 Å². The van der Waals surface area contributed by atoms with E-state index in [1.807, 2.05) is 0 Å². The van der Waals surface area contributed by atoms with E-state index in [2.05, 4.69) is 14.7 Å². The van der Waals surface area contributed by atoms with Gasteiger partial charge in [0.15, 0.2) is 0 Å². The largest absolute Gasteiger partial charge is 0.349 e. The molecule has 0 saturated heterocycles. The number of H-pyrrole nitrogens is 1. The molecular formula is C9H9Cl2N3O2S2. The quantitative estimate of drug-likeness (QED) is 0.885. The molecule has 0 atom stereocenters. The third-order valence-electron chi connectivity index (χ3n) is 2.12. The van der Waals surface area contributed by atoms with Gasteiger partial charge in [0, 0.05) is 25.4 Å². The van der Waals surface area contributed by atoms with Gasteiger partial charge >= 0.3 is 0 Å². The van der Waals surface area contributed by atoms with Crippen LogP contribution in [0.3, 0.4) is 0 Å². The summed E-state index contributed by atoms with van der Waals surface area (Å²) in [5.74, 6) is 0.715. The number of sulfonamides is 1. The zero-order valence-electron chi connectivity index (χ0n) is 8.98. The molecule has 0 aliphatic carbocycles. The first-order valence-corrected chi connectivity index (χ1v) is 7.97. The zero-order chi connectivity index (χ0) is 13.2. The lowest BCUT2D eigenvalue weighted by Gasteiger charge is -2.04. The van der Waals surface area contributed by atoms with Crippen molar-refractivity contribution in [1.82, 2.24) is 14.7 Å². The molecule has 18 heavy (non-hydrogen) atoms. The van der Waals surface area contributed by atoms with Gasteiger partial charge in [0.25, 0.3) is 0 Å². The van der Waals surface area contributed by atoms with Crippen molar-refractivity contribution in [3.8, 4) is 0 Å². The summed E-state index contributed by atoms with van der Waals surface area (Å²) >= 11 is 12.5. The fraction of sp³-hybridized carbons (Fsp3) is 0.222. The van der Waals surface area contributed by atoms with Crippen LogP contribution in [-0.4, -0.2) is 24.9 Å². The van der Waals surface area contributed by atoms with Crippen molar-refractivity contribution in [2.24, 2.45) is 0 Å². The SMILES string of the molecule is O=S(=O)(NCCc1ncc[nH]1)c1cc(Cl)sc1Cl. The first-order chi connectivity index (χ1) is 8.49. The Labute approximate surface area is 118 Å². The molecule has 0 aliphatic heterocycles. The first-order valence-electron chi connectivity index (χ1n) is 4.92. The molecule has 0 unspecified atom stereocenters. The number of nitrogens with zero attached hydrogens (tertiary/aromatic N) is 1. The predicted molar refractivity (Wildman–Crippen MR) is 71.8 cm³/mol. The molecular weight excluding hydrogens is 317 g/mol. The van der Waals surface area contributed by atoms with Crippen molar-refractivity contribution in [2.45, 2.75) is 11.3 Å². The maximum absolute atomic E-state index is 11.9. The number of imidazole rings is 1. The Kier molecular flexibility index (Phi) is 4.29. The molecule has 2 aromatic rings. The topological polar surface area (TPSA) is 74.8 Å². The van der Waals surface area contributed by atoms with E-state index in [4.69, 9.17) is 23.2 Å². The van der Waals surface area contributed by atoms with E-state index >= 15 is 0 Å². The summed E-state index contributed by atoms with van der Waals surface area (Å²) in [6.45, 7) is 0.236. The lowest BCUT2D eigenvalue weighted by molar-refractivity contribution is 0.581. The van der Waals surface area contributed by atoms with Gasteiger partial charge in [0.05, 0.1) is 4.34 Å². The highest BCUT2D eigenvalue weighted by Crippen LogP contribution is 2.33. The number of aromatic nitrogens is 2. The molecule has 5 nitrogen and oxygen atoms in total. The molecule has 0 bridgehead atoms. The van der Waals surface area contributed by atoms with Crippen molar-refractivity contribution in [1.29, 1.82) is 0 Å². The molecule has 9 heteroatoms. The fourth-order valence-corrected chi connectivity index (χ4v) is 4.50. The standard InChI is InChI=1S/C9H9Cl2N3O2S2/c10-7-5-6(9(11)17-7)18(15,16)14-2-1-8-12-3-4-13-8/h3-5,14H,1-2H2,(H,12,13). The zero-order valence-corrected chi connectivity index (χ0v) is 12.1. The van der Waals surface area contributed by atoms with Gasteiger partial charge in [0.2, 0.25) is 10.0 Å². The van der Waals surface area contributed by atoms with E-state index in [1.165, 1.54) is 6.07 Å². The van der Waals surface area contributed by atoms with Gasteiger partial charge in [-0.2, -0.15) is 0 Å². The average Bonchev–Trinajstić information content (AvgIpc) is 2.88. The molecule has 0 aliphatic rings. The van der Waals surface area contributed by atoms with Crippen molar-refractivity contribution in [3.05, 3.63) is 33.0 Å². The van der Waals surface area contributed by atoms with Crippen LogP contribution in [0.15, 0.2) is 23.4 Å². The van der Waals surface area contributed by atoms with Gasteiger partial charge in [-0.05, 0) is 6.07 Å². The number of nitrogens with one attached hydrogen (secondary N) is 2. The lowest BCUT2D eigenvalue weighted by atomic mass is 10.4. The second-order valence-electron chi connectivity index (χ2n) is 3.37. The normalized spacial score (nSPS) is 11.9. The van der Waals surface area contributed by atoms with E-state index in [9.17, 15) is 8.42 Å². The second-order valence-corrected chi connectivity index (χ2v) is 7.39. The molecule has 2 aromatic heterocycles. The summed E-state index contributed by atoms with van der Waals surface area (Å²) in [4.78, 5) is 6.89.